The molecule has 2 rings (SSSR count). The monoisotopic (exact) mass is 231 g/mol. The molecule has 88 valence electrons. The zero-order valence-electron chi connectivity index (χ0n) is 9.50. The van der Waals surface area contributed by atoms with E-state index in [-0.39, 0.29) is 5.56 Å². The normalized spacial score (nSPS) is 10.4. The van der Waals surface area contributed by atoms with Gasteiger partial charge in [-0.1, -0.05) is 6.92 Å². The van der Waals surface area contributed by atoms with E-state index in [1.54, 1.807) is 18.3 Å². The van der Waals surface area contributed by atoms with Crippen molar-refractivity contribution >= 4 is 5.97 Å². The topological polar surface area (TPSA) is 68.0 Å². The second-order valence-electron chi connectivity index (χ2n) is 3.67. The Balaban J connectivity index is 2.33. The minimum atomic E-state index is -0.969. The van der Waals surface area contributed by atoms with E-state index in [0.29, 0.717) is 5.82 Å². The van der Waals surface area contributed by atoms with Crippen LogP contribution in [0.2, 0.25) is 0 Å². The summed E-state index contributed by atoms with van der Waals surface area (Å²) in [6.45, 7) is 2.08. The van der Waals surface area contributed by atoms with Gasteiger partial charge in [-0.3, -0.25) is 4.57 Å². The number of aryl methyl sites for hydroxylation is 1. The number of carboxylic acid groups (broad SMARTS) is 1. The molecular formula is C12H13N3O2. The maximum atomic E-state index is 10.7. The van der Waals surface area contributed by atoms with Crippen LogP contribution in [-0.2, 0) is 6.42 Å². The largest absolute Gasteiger partial charge is 0.478 e. The van der Waals surface area contributed by atoms with Crippen molar-refractivity contribution in [2.45, 2.75) is 19.8 Å². The molecular weight excluding hydrogens is 218 g/mol. The Bertz CT molecular complexity index is 517. The lowest BCUT2D eigenvalue weighted by Gasteiger charge is -2.06. The zero-order chi connectivity index (χ0) is 12.3. The van der Waals surface area contributed by atoms with Crippen molar-refractivity contribution in [1.29, 1.82) is 0 Å². The third-order valence-corrected chi connectivity index (χ3v) is 2.43. The smallest absolute Gasteiger partial charge is 0.337 e. The van der Waals surface area contributed by atoms with Crippen LogP contribution in [0.15, 0.2) is 30.7 Å². The van der Waals surface area contributed by atoms with Crippen molar-refractivity contribution < 1.29 is 9.90 Å². The van der Waals surface area contributed by atoms with Crippen LogP contribution in [0.1, 0.15) is 29.5 Å². The molecule has 2 aromatic heterocycles. The Hall–Kier alpha value is -2.17. The molecule has 2 aromatic rings. The molecule has 0 bridgehead atoms. The van der Waals surface area contributed by atoms with Gasteiger partial charge in [-0.15, -0.1) is 0 Å². The van der Waals surface area contributed by atoms with Gasteiger partial charge in [0.15, 0.2) is 0 Å². The highest BCUT2D eigenvalue weighted by molar-refractivity contribution is 5.87. The van der Waals surface area contributed by atoms with Gasteiger partial charge in [0, 0.05) is 25.0 Å². The van der Waals surface area contributed by atoms with Gasteiger partial charge in [0.25, 0.3) is 0 Å². The molecule has 0 atom stereocenters. The fourth-order valence-electron chi connectivity index (χ4n) is 1.61. The fraction of sp³-hybridized carbons (Fsp3) is 0.250. The molecule has 0 radical (unpaired) electrons. The summed E-state index contributed by atoms with van der Waals surface area (Å²) in [5.74, 6) is 0.655. The lowest BCUT2D eigenvalue weighted by molar-refractivity contribution is 0.0696. The summed E-state index contributed by atoms with van der Waals surface area (Å²) in [5, 5.41) is 8.79. The van der Waals surface area contributed by atoms with E-state index in [9.17, 15) is 4.79 Å². The first-order valence-electron chi connectivity index (χ1n) is 5.44. The van der Waals surface area contributed by atoms with Gasteiger partial charge >= 0.3 is 5.97 Å². The molecule has 0 amide bonds. The fourth-order valence-corrected chi connectivity index (χ4v) is 1.61. The van der Waals surface area contributed by atoms with Gasteiger partial charge in [-0.2, -0.15) is 0 Å². The first-order chi connectivity index (χ1) is 8.22. The number of hydrogen-bond donors (Lipinski definition) is 1. The van der Waals surface area contributed by atoms with Crippen molar-refractivity contribution in [3.05, 3.63) is 42.1 Å². The van der Waals surface area contributed by atoms with Crippen molar-refractivity contribution in [1.82, 2.24) is 14.5 Å². The molecule has 0 saturated heterocycles. The molecule has 0 aliphatic rings. The highest BCUT2D eigenvalue weighted by Gasteiger charge is 2.07. The molecule has 17 heavy (non-hydrogen) atoms. The molecule has 0 aromatic carbocycles. The van der Waals surface area contributed by atoms with Crippen LogP contribution in [0, 0.1) is 0 Å². The Morgan fingerprint density at radius 2 is 2.24 bits per heavy atom. The SMILES string of the molecule is CCCc1nccn1-c1ccc(C(=O)O)cn1. The Kier molecular flexibility index (Phi) is 3.18. The van der Waals surface area contributed by atoms with E-state index in [1.165, 1.54) is 6.20 Å². The van der Waals surface area contributed by atoms with Crippen LogP contribution in [0.4, 0.5) is 0 Å². The number of imidazole rings is 1. The Morgan fingerprint density at radius 1 is 1.41 bits per heavy atom. The minimum Gasteiger partial charge on any atom is -0.478 e. The lowest BCUT2D eigenvalue weighted by atomic mass is 10.3. The third-order valence-electron chi connectivity index (χ3n) is 2.43. The van der Waals surface area contributed by atoms with Crippen LogP contribution < -0.4 is 0 Å². The maximum absolute atomic E-state index is 10.7. The second kappa shape index (κ2) is 4.78. The summed E-state index contributed by atoms with van der Waals surface area (Å²) in [7, 11) is 0. The van der Waals surface area contributed by atoms with Crippen LogP contribution in [-0.4, -0.2) is 25.6 Å². The number of pyridine rings is 1. The van der Waals surface area contributed by atoms with E-state index >= 15 is 0 Å². The predicted molar refractivity (Wildman–Crippen MR) is 62.3 cm³/mol. The van der Waals surface area contributed by atoms with E-state index in [4.69, 9.17) is 5.11 Å². The van der Waals surface area contributed by atoms with E-state index in [0.717, 1.165) is 18.7 Å². The van der Waals surface area contributed by atoms with E-state index in [2.05, 4.69) is 16.9 Å². The van der Waals surface area contributed by atoms with Gasteiger partial charge in [0.2, 0.25) is 0 Å². The van der Waals surface area contributed by atoms with Gasteiger partial charge < -0.3 is 5.11 Å². The maximum Gasteiger partial charge on any atom is 0.337 e. The molecule has 0 aliphatic heterocycles. The summed E-state index contributed by atoms with van der Waals surface area (Å²) >= 11 is 0. The average Bonchev–Trinajstić information content (AvgIpc) is 2.78. The predicted octanol–water partition coefficient (Wildman–Crippen LogP) is 1.92. The highest BCUT2D eigenvalue weighted by atomic mass is 16.4. The number of aromatic nitrogens is 3. The van der Waals surface area contributed by atoms with Crippen molar-refractivity contribution in [3.8, 4) is 5.82 Å². The van der Waals surface area contributed by atoms with E-state index < -0.39 is 5.97 Å². The molecule has 0 saturated carbocycles. The van der Waals surface area contributed by atoms with Gasteiger partial charge in [-0.25, -0.2) is 14.8 Å². The first-order valence-corrected chi connectivity index (χ1v) is 5.44. The van der Waals surface area contributed by atoms with Gasteiger partial charge in [0.05, 0.1) is 5.56 Å². The second-order valence-corrected chi connectivity index (χ2v) is 3.67. The third kappa shape index (κ3) is 2.33. The van der Waals surface area contributed by atoms with Gasteiger partial charge in [0.1, 0.15) is 11.6 Å². The zero-order valence-corrected chi connectivity index (χ0v) is 9.50. The number of carboxylic acids is 1. The van der Waals surface area contributed by atoms with Crippen LogP contribution in [0.5, 0.6) is 0 Å². The number of rotatable bonds is 4. The molecule has 1 N–H and O–H groups in total. The summed E-state index contributed by atoms with van der Waals surface area (Å²) in [4.78, 5) is 19.1. The van der Waals surface area contributed by atoms with E-state index in [1.807, 2.05) is 10.8 Å². The quantitative estimate of drug-likeness (QED) is 0.872. The van der Waals surface area contributed by atoms with Gasteiger partial charge in [-0.05, 0) is 18.6 Å². The summed E-state index contributed by atoms with van der Waals surface area (Å²) < 4.78 is 1.87. The van der Waals surface area contributed by atoms with Crippen LogP contribution in [0.25, 0.3) is 5.82 Å². The average molecular weight is 231 g/mol. The summed E-state index contributed by atoms with van der Waals surface area (Å²) in [6, 6.07) is 3.23. The summed E-state index contributed by atoms with van der Waals surface area (Å²) in [6.07, 6.45) is 6.78. The standard InChI is InChI=1S/C12H13N3O2/c1-2-3-10-13-6-7-15(10)11-5-4-9(8-14-11)12(16)17/h4-8H,2-3H2,1H3,(H,16,17). The lowest BCUT2D eigenvalue weighted by Crippen LogP contribution is -2.04. The molecule has 0 fully saturated rings. The number of aromatic carboxylic acids is 1. The summed E-state index contributed by atoms with van der Waals surface area (Å²) in [5.41, 5.74) is 0.186. The van der Waals surface area contributed by atoms with Crippen molar-refractivity contribution in [2.24, 2.45) is 0 Å². The molecule has 0 spiro atoms. The first kappa shape index (κ1) is 11.3. The molecule has 0 unspecified atom stereocenters. The Morgan fingerprint density at radius 3 is 2.82 bits per heavy atom. The highest BCUT2D eigenvalue weighted by Crippen LogP contribution is 2.10. The number of nitrogens with zero attached hydrogens (tertiary/aromatic N) is 3. The molecule has 5 nitrogen and oxygen atoms in total. The number of hydrogen-bond acceptors (Lipinski definition) is 3. The molecule has 2 heterocycles. The molecule has 5 heteroatoms. The van der Waals surface area contributed by atoms with Crippen LogP contribution >= 0.6 is 0 Å². The minimum absolute atomic E-state index is 0.186. The Labute approximate surface area is 98.8 Å². The van der Waals surface area contributed by atoms with Crippen LogP contribution in [0.3, 0.4) is 0 Å². The molecule has 0 aliphatic carbocycles. The van der Waals surface area contributed by atoms with Crippen molar-refractivity contribution in [2.75, 3.05) is 0 Å². The number of carbonyl (C=O) groups is 1. The van der Waals surface area contributed by atoms with Crippen molar-refractivity contribution in [3.63, 3.8) is 0 Å².